The summed E-state index contributed by atoms with van der Waals surface area (Å²) >= 11 is 6.26. The normalized spacial score (nSPS) is 9.21. The zero-order valence-corrected chi connectivity index (χ0v) is 17.0. The minimum atomic E-state index is -1.10. The van der Waals surface area contributed by atoms with Crippen LogP contribution < -0.4 is 0 Å². The molecular weight excluding hydrogens is 411 g/mol. The van der Waals surface area contributed by atoms with E-state index in [1.807, 2.05) is 25.1 Å². The summed E-state index contributed by atoms with van der Waals surface area (Å²) in [6.45, 7) is 4.04. The van der Waals surface area contributed by atoms with Gasteiger partial charge in [-0.1, -0.05) is 26.7 Å². The smallest absolute Gasteiger partial charge is 0.427 e. The number of carbonyl (C=O) groups excluding carboxylic acids is 2. The molecule has 0 aromatic carbocycles. The van der Waals surface area contributed by atoms with Crippen molar-refractivity contribution in [2.75, 3.05) is 0 Å². The molecule has 0 bridgehead atoms. The summed E-state index contributed by atoms with van der Waals surface area (Å²) < 4.78 is 1.000. The zero-order valence-electron chi connectivity index (χ0n) is 13.8. The third-order valence-corrected chi connectivity index (χ3v) is 5.17. The van der Waals surface area contributed by atoms with Crippen molar-refractivity contribution in [1.29, 1.82) is 0 Å². The second-order valence-electron chi connectivity index (χ2n) is 4.70. The van der Waals surface area contributed by atoms with Gasteiger partial charge in [-0.05, 0) is 52.9 Å². The van der Waals surface area contributed by atoms with Gasteiger partial charge in [0.15, 0.2) is 12.6 Å². The second kappa shape index (κ2) is 14.5. The van der Waals surface area contributed by atoms with Gasteiger partial charge in [0.05, 0.1) is 13.5 Å². The highest BCUT2D eigenvalue weighted by Gasteiger charge is 2.00. The summed E-state index contributed by atoms with van der Waals surface area (Å²) in [6.07, 6.45) is 5.31. The van der Waals surface area contributed by atoms with Crippen LogP contribution in [0, 0.1) is 0 Å². The first-order valence-electron chi connectivity index (χ1n) is 7.57. The summed E-state index contributed by atoms with van der Waals surface area (Å²) in [5.41, 5.74) is 0. The van der Waals surface area contributed by atoms with Crippen LogP contribution in [-0.2, 0) is 6.42 Å². The molecule has 0 fully saturated rings. The minimum absolute atomic E-state index is 0.486. The Morgan fingerprint density at radius 1 is 1.00 bits per heavy atom. The molecule has 2 N–H and O–H groups in total. The highest BCUT2D eigenvalue weighted by molar-refractivity contribution is 9.11. The average Bonchev–Trinajstić information content (AvgIpc) is 3.17. The Morgan fingerprint density at radius 3 is 1.88 bits per heavy atom. The van der Waals surface area contributed by atoms with Gasteiger partial charge in [-0.25, -0.2) is 0 Å². The summed E-state index contributed by atoms with van der Waals surface area (Å²) in [6, 6.07) is 7.54. The quantitative estimate of drug-likeness (QED) is 0.512. The molecule has 132 valence electrons. The topological polar surface area (TPSA) is 74.6 Å². The van der Waals surface area contributed by atoms with Gasteiger partial charge in [0.2, 0.25) is 0 Å². The molecule has 0 saturated carbocycles. The number of hydrogen-bond acceptors (Lipinski definition) is 6. The van der Waals surface area contributed by atoms with Crippen molar-refractivity contribution >= 4 is 58.3 Å². The molecule has 2 heterocycles. The molecule has 0 aliphatic heterocycles. The van der Waals surface area contributed by atoms with Gasteiger partial charge in [-0.2, -0.15) is 0 Å². The molecule has 0 spiro atoms. The summed E-state index contributed by atoms with van der Waals surface area (Å²) in [5, 5.41) is 16.2. The van der Waals surface area contributed by atoms with Crippen LogP contribution in [0.25, 0.3) is 0 Å². The largest absolute Gasteiger partial charge is 0.451 e. The highest BCUT2D eigenvalue weighted by Crippen LogP contribution is 2.19. The summed E-state index contributed by atoms with van der Waals surface area (Å²) in [4.78, 5) is 23.2. The average molecular weight is 433 g/mol. The minimum Gasteiger partial charge on any atom is -0.427 e. The van der Waals surface area contributed by atoms with Gasteiger partial charge in [-0.15, -0.1) is 22.7 Å². The van der Waals surface area contributed by atoms with Crippen molar-refractivity contribution < 1.29 is 19.6 Å². The number of rotatable bonds is 6. The van der Waals surface area contributed by atoms with Crippen LogP contribution in [0.2, 0.25) is 6.32 Å². The Morgan fingerprint density at radius 2 is 1.58 bits per heavy atom. The molecule has 2 aromatic rings. The molecule has 0 unspecified atom stereocenters. The van der Waals surface area contributed by atoms with E-state index in [4.69, 9.17) is 10.0 Å². The second-order valence-corrected chi connectivity index (χ2v) is 8.40. The van der Waals surface area contributed by atoms with Crippen LogP contribution in [0.15, 0.2) is 28.1 Å². The number of aldehydes is 2. The number of hydrogen-bond donors (Lipinski definition) is 2. The number of thiophene rings is 2. The van der Waals surface area contributed by atoms with Gasteiger partial charge in [0, 0.05) is 4.88 Å². The van der Waals surface area contributed by atoms with Crippen LogP contribution in [0.5, 0.6) is 0 Å². The first kappa shape index (κ1) is 23.2. The Bertz CT molecular complexity index is 584. The molecule has 2 aromatic heterocycles. The molecule has 0 atom stereocenters. The van der Waals surface area contributed by atoms with Crippen LogP contribution in [-0.4, -0.2) is 29.7 Å². The van der Waals surface area contributed by atoms with Crippen molar-refractivity contribution in [3.63, 3.8) is 0 Å². The van der Waals surface area contributed by atoms with E-state index >= 15 is 0 Å². The molecule has 0 amide bonds. The van der Waals surface area contributed by atoms with Gasteiger partial charge < -0.3 is 10.0 Å². The molecule has 0 radical (unpaired) electrons. The maximum Gasteiger partial charge on any atom is 0.451 e. The Kier molecular flexibility index (Phi) is 14.1. The van der Waals surface area contributed by atoms with Gasteiger partial charge in [-0.3, -0.25) is 9.59 Å². The van der Waals surface area contributed by atoms with Crippen LogP contribution >= 0.6 is 38.6 Å². The predicted octanol–water partition coefficient (Wildman–Crippen LogP) is 4.71. The van der Waals surface area contributed by atoms with Crippen LogP contribution in [0.4, 0.5) is 0 Å². The van der Waals surface area contributed by atoms with E-state index in [1.54, 1.807) is 17.4 Å². The zero-order chi connectivity index (χ0) is 18.4. The molecule has 4 nitrogen and oxygen atoms in total. The summed E-state index contributed by atoms with van der Waals surface area (Å²) in [5.74, 6) is 0. The van der Waals surface area contributed by atoms with E-state index in [1.165, 1.54) is 16.2 Å². The monoisotopic (exact) mass is 432 g/mol. The maximum atomic E-state index is 10.2. The van der Waals surface area contributed by atoms with E-state index in [2.05, 4.69) is 22.9 Å². The van der Waals surface area contributed by atoms with Crippen molar-refractivity contribution in [3.8, 4) is 0 Å². The Hall–Kier alpha value is -0.795. The summed E-state index contributed by atoms with van der Waals surface area (Å²) in [7, 11) is -1.10. The number of carbonyl (C=O) groups is 2. The first-order valence-corrected chi connectivity index (χ1v) is 9.99. The standard InChI is InChI=1S/C8H10OS.C5H3BrOS.C3H9BO2/c1-2-3-7-4-5-8(6-9)10-7;6-5-2-1-4(3-7)8-5;1-2-3-4(5)6/h4-6H,2-3H2,1H3;1-3H;5-6H,2-3H2,1H3. The fraction of sp³-hybridized carbons (Fsp3) is 0.375. The van der Waals surface area contributed by atoms with Crippen LogP contribution in [0.3, 0.4) is 0 Å². The SMILES string of the molecule is CCCB(O)O.CCCc1ccc(C=O)s1.O=Cc1ccc(Br)s1. The van der Waals surface area contributed by atoms with Gasteiger partial charge >= 0.3 is 7.12 Å². The van der Waals surface area contributed by atoms with E-state index in [0.29, 0.717) is 6.32 Å². The maximum absolute atomic E-state index is 10.2. The van der Waals surface area contributed by atoms with Crippen molar-refractivity contribution in [3.05, 3.63) is 42.7 Å². The van der Waals surface area contributed by atoms with Crippen molar-refractivity contribution in [1.82, 2.24) is 0 Å². The third kappa shape index (κ3) is 11.7. The van der Waals surface area contributed by atoms with Gasteiger partial charge in [0.1, 0.15) is 0 Å². The third-order valence-electron chi connectivity index (χ3n) is 2.55. The molecule has 0 aliphatic rings. The number of aryl methyl sites for hydroxylation is 1. The first-order chi connectivity index (χ1) is 11.5. The fourth-order valence-electron chi connectivity index (χ4n) is 1.49. The lowest BCUT2D eigenvalue weighted by atomic mass is 9.85. The Labute approximate surface area is 159 Å². The Balaban J connectivity index is 0.000000343. The molecular formula is C16H22BBrO4S2. The highest BCUT2D eigenvalue weighted by atomic mass is 79.9. The van der Waals surface area contributed by atoms with Crippen LogP contribution in [0.1, 0.15) is 50.9 Å². The number of halogens is 1. The predicted molar refractivity (Wildman–Crippen MR) is 106 cm³/mol. The molecule has 8 heteroatoms. The lowest BCUT2D eigenvalue weighted by Crippen LogP contribution is -2.08. The molecule has 24 heavy (non-hydrogen) atoms. The van der Waals surface area contributed by atoms with Crippen molar-refractivity contribution in [2.24, 2.45) is 0 Å². The van der Waals surface area contributed by atoms with E-state index in [0.717, 1.165) is 45.4 Å². The molecule has 0 saturated heterocycles. The molecule has 0 aliphatic carbocycles. The molecule has 2 rings (SSSR count). The van der Waals surface area contributed by atoms with E-state index in [9.17, 15) is 9.59 Å². The lowest BCUT2D eigenvalue weighted by molar-refractivity contribution is 0.111. The lowest BCUT2D eigenvalue weighted by Gasteiger charge is -1.87. The van der Waals surface area contributed by atoms with E-state index in [-0.39, 0.29) is 0 Å². The van der Waals surface area contributed by atoms with Gasteiger partial charge in [0.25, 0.3) is 0 Å². The van der Waals surface area contributed by atoms with Crippen molar-refractivity contribution in [2.45, 2.75) is 39.4 Å². The fourth-order valence-corrected chi connectivity index (χ4v) is 3.66. The van der Waals surface area contributed by atoms with E-state index < -0.39 is 7.12 Å².